The monoisotopic (exact) mass is 370 g/mol. The molecule has 0 bridgehead atoms. The van der Waals surface area contributed by atoms with E-state index in [1.165, 1.54) is 6.33 Å². The second kappa shape index (κ2) is 7.29. The van der Waals surface area contributed by atoms with Gasteiger partial charge in [0.2, 0.25) is 0 Å². The van der Waals surface area contributed by atoms with E-state index in [1.807, 2.05) is 0 Å². The number of fused-ring (bicyclic) bond motifs is 1. The molecule has 0 radical (unpaired) electrons. The third kappa shape index (κ3) is 3.43. The molecule has 0 saturated heterocycles. The fourth-order valence-corrected chi connectivity index (χ4v) is 2.86. The average Bonchev–Trinajstić information content (AvgIpc) is 2.59. The smallest absolute Gasteiger partial charge is 0.179 e. The van der Waals surface area contributed by atoms with Gasteiger partial charge in [0.25, 0.3) is 0 Å². The van der Waals surface area contributed by atoms with Gasteiger partial charge in [0.05, 0.1) is 11.1 Å². The number of nitrogens with zero attached hydrogens (tertiary/aromatic N) is 2. The summed E-state index contributed by atoms with van der Waals surface area (Å²) in [6, 6.07) is 3.38. The zero-order valence-electron chi connectivity index (χ0n) is 12.8. The summed E-state index contributed by atoms with van der Waals surface area (Å²) in [7, 11) is 1.72. The molecule has 0 spiro atoms. The molecule has 0 saturated carbocycles. The number of aliphatic hydroxyl groups excluding tert-OH is 1. The van der Waals surface area contributed by atoms with Crippen molar-refractivity contribution in [3.63, 3.8) is 0 Å². The number of anilines is 2. The van der Waals surface area contributed by atoms with Crippen LogP contribution in [0.2, 0.25) is 10.2 Å². The van der Waals surface area contributed by atoms with Crippen LogP contribution < -0.4 is 20.1 Å². The number of hydrogen-bond acceptors (Lipinski definition) is 7. The molecule has 1 aliphatic rings. The average molecular weight is 371 g/mol. The Hall–Kier alpha value is -1.96. The molecule has 7 nitrogen and oxygen atoms in total. The Morgan fingerprint density at radius 1 is 1.25 bits per heavy atom. The molecule has 24 heavy (non-hydrogen) atoms. The molecule has 0 aliphatic carbocycles. The van der Waals surface area contributed by atoms with Gasteiger partial charge in [0.15, 0.2) is 22.5 Å². The van der Waals surface area contributed by atoms with Gasteiger partial charge in [0.1, 0.15) is 25.2 Å². The Labute approximate surface area is 148 Å². The second-order valence-electron chi connectivity index (χ2n) is 5.06. The predicted octanol–water partition coefficient (Wildman–Crippen LogP) is 2.74. The van der Waals surface area contributed by atoms with E-state index in [2.05, 4.69) is 20.6 Å². The third-order valence-electron chi connectivity index (χ3n) is 3.52. The zero-order valence-corrected chi connectivity index (χ0v) is 14.4. The lowest BCUT2D eigenvalue weighted by Crippen LogP contribution is -2.18. The lowest BCUT2D eigenvalue weighted by molar-refractivity contribution is 0.167. The number of nitrogens with one attached hydrogen (secondary N) is 2. The van der Waals surface area contributed by atoms with E-state index in [4.69, 9.17) is 32.7 Å². The minimum atomic E-state index is -0.822. The van der Waals surface area contributed by atoms with Crippen molar-refractivity contribution in [2.75, 3.05) is 37.4 Å². The fraction of sp³-hybridized carbons (Fsp3) is 0.333. The highest BCUT2D eigenvalue weighted by atomic mass is 35.5. The molecule has 2 heterocycles. The maximum Gasteiger partial charge on any atom is 0.179 e. The van der Waals surface area contributed by atoms with E-state index in [9.17, 15) is 5.11 Å². The zero-order chi connectivity index (χ0) is 17.1. The first-order chi connectivity index (χ1) is 11.6. The first-order valence-electron chi connectivity index (χ1n) is 7.29. The lowest BCUT2D eigenvalue weighted by atomic mass is 10.1. The summed E-state index contributed by atoms with van der Waals surface area (Å²) in [5.74, 6) is 1.54. The molecule has 1 aromatic heterocycles. The van der Waals surface area contributed by atoms with Gasteiger partial charge in [-0.3, -0.25) is 0 Å². The van der Waals surface area contributed by atoms with Crippen molar-refractivity contribution in [1.29, 1.82) is 0 Å². The lowest BCUT2D eigenvalue weighted by Gasteiger charge is -2.22. The highest BCUT2D eigenvalue weighted by Crippen LogP contribution is 2.39. The Kier molecular flexibility index (Phi) is 5.13. The van der Waals surface area contributed by atoms with Crippen LogP contribution in [0.4, 0.5) is 11.5 Å². The Balaban J connectivity index is 1.75. The number of hydrogen-bond donors (Lipinski definition) is 3. The van der Waals surface area contributed by atoms with Gasteiger partial charge in [-0.15, -0.1) is 0 Å². The van der Waals surface area contributed by atoms with Crippen LogP contribution in [0.3, 0.4) is 0 Å². The quantitative estimate of drug-likeness (QED) is 0.697. The summed E-state index contributed by atoms with van der Waals surface area (Å²) >= 11 is 12.2. The Morgan fingerprint density at radius 2 is 2.04 bits per heavy atom. The number of benzene rings is 1. The van der Waals surface area contributed by atoms with E-state index >= 15 is 0 Å². The summed E-state index contributed by atoms with van der Waals surface area (Å²) in [4.78, 5) is 8.01. The Morgan fingerprint density at radius 3 is 2.83 bits per heavy atom. The van der Waals surface area contributed by atoms with Crippen LogP contribution in [0.5, 0.6) is 11.5 Å². The summed E-state index contributed by atoms with van der Waals surface area (Å²) < 4.78 is 11.0. The van der Waals surface area contributed by atoms with Crippen LogP contribution >= 0.6 is 23.2 Å². The van der Waals surface area contributed by atoms with Crippen molar-refractivity contribution in [3.8, 4) is 11.5 Å². The van der Waals surface area contributed by atoms with Gasteiger partial charge >= 0.3 is 0 Å². The molecule has 2 aromatic rings. The van der Waals surface area contributed by atoms with Gasteiger partial charge in [0, 0.05) is 13.6 Å². The molecule has 3 rings (SSSR count). The van der Waals surface area contributed by atoms with E-state index in [0.29, 0.717) is 52.0 Å². The molecule has 0 fully saturated rings. The standard InChI is InChI=1S/C15H16Cl2N4O3/c1-18-12-14(17)20-7-21-15(12)19-6-10(22)8-4-9(16)13-11(5-8)23-2-3-24-13/h4-5,7,10,18,22H,2-3,6H2,1H3,(H,19,20,21). The number of halogens is 2. The van der Waals surface area contributed by atoms with Gasteiger partial charge in [-0.2, -0.15) is 0 Å². The molecular formula is C15H16Cl2N4O3. The molecule has 128 valence electrons. The topological polar surface area (TPSA) is 88.5 Å². The van der Waals surface area contributed by atoms with Crippen LogP contribution in [0.25, 0.3) is 0 Å². The largest absolute Gasteiger partial charge is 0.486 e. The van der Waals surface area contributed by atoms with Gasteiger partial charge in [-0.25, -0.2) is 9.97 Å². The minimum Gasteiger partial charge on any atom is -0.486 e. The molecule has 9 heteroatoms. The molecule has 1 unspecified atom stereocenters. The molecular weight excluding hydrogens is 355 g/mol. The molecule has 1 atom stereocenters. The van der Waals surface area contributed by atoms with E-state index in [0.717, 1.165) is 0 Å². The SMILES string of the molecule is CNc1c(Cl)ncnc1NCC(O)c1cc(Cl)c2c(c1)OCCO2. The van der Waals surface area contributed by atoms with Gasteiger partial charge < -0.3 is 25.2 Å². The maximum absolute atomic E-state index is 10.4. The van der Waals surface area contributed by atoms with Gasteiger partial charge in [-0.1, -0.05) is 23.2 Å². The second-order valence-corrected chi connectivity index (χ2v) is 5.83. The van der Waals surface area contributed by atoms with E-state index < -0.39 is 6.10 Å². The van der Waals surface area contributed by atoms with Crippen molar-refractivity contribution in [1.82, 2.24) is 9.97 Å². The molecule has 1 aromatic carbocycles. The van der Waals surface area contributed by atoms with Crippen molar-refractivity contribution in [2.45, 2.75) is 6.10 Å². The van der Waals surface area contributed by atoms with Crippen molar-refractivity contribution >= 4 is 34.7 Å². The van der Waals surface area contributed by atoms with Gasteiger partial charge in [-0.05, 0) is 17.7 Å². The number of ether oxygens (including phenoxy) is 2. The molecule has 1 aliphatic heterocycles. The first kappa shape index (κ1) is 16.9. The maximum atomic E-state index is 10.4. The van der Waals surface area contributed by atoms with Crippen LogP contribution in [-0.2, 0) is 0 Å². The normalized spacial score (nSPS) is 14.2. The summed E-state index contributed by atoms with van der Waals surface area (Å²) in [6.07, 6.45) is 0.524. The number of aromatic nitrogens is 2. The molecule has 3 N–H and O–H groups in total. The summed E-state index contributed by atoms with van der Waals surface area (Å²) in [5, 5.41) is 17.1. The fourth-order valence-electron chi connectivity index (χ4n) is 2.35. The number of rotatable bonds is 5. The van der Waals surface area contributed by atoms with Crippen molar-refractivity contribution in [3.05, 3.63) is 34.2 Å². The summed E-state index contributed by atoms with van der Waals surface area (Å²) in [5.41, 5.74) is 1.18. The van der Waals surface area contributed by atoms with Crippen molar-refractivity contribution < 1.29 is 14.6 Å². The first-order valence-corrected chi connectivity index (χ1v) is 8.05. The van der Waals surface area contributed by atoms with Crippen LogP contribution in [0.1, 0.15) is 11.7 Å². The summed E-state index contributed by atoms with van der Waals surface area (Å²) in [6.45, 7) is 1.11. The molecule has 0 amide bonds. The minimum absolute atomic E-state index is 0.206. The van der Waals surface area contributed by atoms with Crippen LogP contribution in [0.15, 0.2) is 18.5 Å². The van der Waals surface area contributed by atoms with E-state index in [-0.39, 0.29) is 6.54 Å². The highest BCUT2D eigenvalue weighted by Gasteiger charge is 2.20. The third-order valence-corrected chi connectivity index (χ3v) is 4.09. The highest BCUT2D eigenvalue weighted by molar-refractivity contribution is 6.32. The van der Waals surface area contributed by atoms with Crippen LogP contribution in [-0.4, -0.2) is 41.9 Å². The number of aliphatic hydroxyl groups is 1. The van der Waals surface area contributed by atoms with Crippen LogP contribution in [0, 0.1) is 0 Å². The Bertz CT molecular complexity index is 745. The van der Waals surface area contributed by atoms with Crippen molar-refractivity contribution in [2.24, 2.45) is 0 Å². The van der Waals surface area contributed by atoms with E-state index in [1.54, 1.807) is 19.2 Å². The predicted molar refractivity (Wildman–Crippen MR) is 92.5 cm³/mol.